The lowest BCUT2D eigenvalue weighted by molar-refractivity contribution is 0.467. The number of hydrogen-bond donors (Lipinski definition) is 5. The van der Waals surface area contributed by atoms with Crippen LogP contribution < -0.4 is 22.8 Å². The van der Waals surface area contributed by atoms with Crippen molar-refractivity contribution in [3.63, 3.8) is 0 Å². The van der Waals surface area contributed by atoms with Gasteiger partial charge >= 0.3 is 0 Å². The summed E-state index contributed by atoms with van der Waals surface area (Å²) < 4.78 is 0. The molecule has 0 aliphatic carbocycles. The van der Waals surface area contributed by atoms with E-state index in [0.29, 0.717) is 17.1 Å². The molecular formula is C28H39N7O2. The molecule has 9 heteroatoms. The van der Waals surface area contributed by atoms with Gasteiger partial charge < -0.3 is 27.3 Å². The topological polar surface area (TPSA) is 170 Å². The number of nitrogens with zero attached hydrogens (tertiary/aromatic N) is 3. The number of rotatable bonds is 0. The van der Waals surface area contributed by atoms with Gasteiger partial charge in [-0.25, -0.2) is 0 Å². The molecule has 9 nitrogen and oxygen atoms in total. The molecule has 0 amide bonds. The molecule has 37 heavy (non-hydrogen) atoms. The van der Waals surface area contributed by atoms with Crippen LogP contribution in [0, 0.1) is 55.4 Å². The molecule has 0 radical (unpaired) electrons. The number of aryl methyl sites for hydroxylation is 7. The molecule has 0 aliphatic heterocycles. The molecule has 4 rings (SSSR count). The van der Waals surface area contributed by atoms with Crippen molar-refractivity contribution in [1.29, 1.82) is 0 Å². The SMILES string of the molecule is Cc1cc(C)c(C)c(=O)[nH]1.Cc1ccc(N)c(C)n1.Cc1nc(C)c(N)cc1N.Cc1ncccc1O. The van der Waals surface area contributed by atoms with Gasteiger partial charge in [-0.2, -0.15) is 0 Å². The van der Waals surface area contributed by atoms with Crippen LogP contribution in [-0.4, -0.2) is 25.0 Å². The van der Waals surface area contributed by atoms with Gasteiger partial charge in [-0.1, -0.05) is 0 Å². The van der Waals surface area contributed by atoms with Gasteiger partial charge in [-0.15, -0.1) is 0 Å². The van der Waals surface area contributed by atoms with Crippen molar-refractivity contribution < 1.29 is 5.11 Å². The Morgan fingerprint density at radius 2 is 1.30 bits per heavy atom. The van der Waals surface area contributed by atoms with Crippen molar-refractivity contribution in [3.8, 4) is 5.75 Å². The molecule has 0 fully saturated rings. The predicted molar refractivity (Wildman–Crippen MR) is 153 cm³/mol. The molecule has 4 aromatic rings. The first-order valence-corrected chi connectivity index (χ1v) is 11.7. The second-order valence-electron chi connectivity index (χ2n) is 8.66. The van der Waals surface area contributed by atoms with Gasteiger partial charge in [0.2, 0.25) is 0 Å². The molecule has 198 valence electrons. The van der Waals surface area contributed by atoms with Crippen LogP contribution in [0.15, 0.2) is 47.4 Å². The summed E-state index contributed by atoms with van der Waals surface area (Å²) in [6.07, 6.45) is 1.65. The fourth-order valence-electron chi connectivity index (χ4n) is 2.85. The molecule has 0 unspecified atom stereocenters. The average molecular weight is 506 g/mol. The highest BCUT2D eigenvalue weighted by Gasteiger charge is 1.98. The van der Waals surface area contributed by atoms with Gasteiger partial charge in [0.25, 0.3) is 5.56 Å². The highest BCUT2D eigenvalue weighted by molar-refractivity contribution is 5.55. The molecule has 0 spiro atoms. The normalized spacial score (nSPS) is 9.62. The zero-order valence-corrected chi connectivity index (χ0v) is 23.0. The van der Waals surface area contributed by atoms with E-state index in [0.717, 1.165) is 45.3 Å². The molecular weight excluding hydrogens is 466 g/mol. The minimum Gasteiger partial charge on any atom is -0.506 e. The summed E-state index contributed by atoms with van der Waals surface area (Å²) in [5, 5.41) is 8.86. The minimum absolute atomic E-state index is 0.0255. The Morgan fingerprint density at radius 3 is 1.70 bits per heavy atom. The van der Waals surface area contributed by atoms with E-state index in [1.165, 1.54) is 0 Å². The fourth-order valence-corrected chi connectivity index (χ4v) is 2.85. The highest BCUT2D eigenvalue weighted by Crippen LogP contribution is 2.15. The molecule has 0 saturated heterocycles. The first-order chi connectivity index (χ1) is 17.2. The first kappa shape index (κ1) is 30.6. The summed E-state index contributed by atoms with van der Waals surface area (Å²) in [6, 6.07) is 10.8. The van der Waals surface area contributed by atoms with E-state index >= 15 is 0 Å². The molecule has 4 heterocycles. The lowest BCUT2D eigenvalue weighted by atomic mass is 10.1. The molecule has 0 bridgehead atoms. The van der Waals surface area contributed by atoms with Crippen LogP contribution in [-0.2, 0) is 0 Å². The van der Waals surface area contributed by atoms with Crippen molar-refractivity contribution >= 4 is 17.1 Å². The molecule has 0 saturated carbocycles. The maximum atomic E-state index is 11.0. The van der Waals surface area contributed by atoms with Crippen molar-refractivity contribution in [3.05, 3.63) is 98.2 Å². The van der Waals surface area contributed by atoms with E-state index < -0.39 is 0 Å². The zero-order chi connectivity index (χ0) is 28.3. The Balaban J connectivity index is 0.000000248. The van der Waals surface area contributed by atoms with E-state index in [1.54, 1.807) is 31.3 Å². The summed E-state index contributed by atoms with van der Waals surface area (Å²) in [4.78, 5) is 25.8. The van der Waals surface area contributed by atoms with Crippen molar-refractivity contribution in [2.45, 2.75) is 55.4 Å². The number of hydrogen-bond acceptors (Lipinski definition) is 8. The van der Waals surface area contributed by atoms with E-state index in [-0.39, 0.29) is 11.3 Å². The van der Waals surface area contributed by atoms with Crippen LogP contribution in [0.25, 0.3) is 0 Å². The Morgan fingerprint density at radius 1 is 0.730 bits per heavy atom. The number of anilines is 3. The summed E-state index contributed by atoms with van der Waals surface area (Å²) in [5.74, 6) is 0.257. The van der Waals surface area contributed by atoms with Crippen molar-refractivity contribution in [1.82, 2.24) is 19.9 Å². The van der Waals surface area contributed by atoms with E-state index in [4.69, 9.17) is 22.3 Å². The Bertz CT molecular complexity index is 1310. The molecule has 0 aromatic carbocycles. The van der Waals surface area contributed by atoms with E-state index in [2.05, 4.69) is 19.9 Å². The monoisotopic (exact) mass is 505 g/mol. The Labute approximate surface area is 218 Å². The maximum Gasteiger partial charge on any atom is 0.251 e. The lowest BCUT2D eigenvalue weighted by Crippen LogP contribution is -2.11. The van der Waals surface area contributed by atoms with Crippen LogP contribution >= 0.6 is 0 Å². The third kappa shape index (κ3) is 10.4. The largest absolute Gasteiger partial charge is 0.506 e. The maximum absolute atomic E-state index is 11.0. The van der Waals surface area contributed by atoms with Gasteiger partial charge in [0, 0.05) is 23.1 Å². The Hall–Kier alpha value is -4.40. The summed E-state index contributed by atoms with van der Waals surface area (Å²) in [7, 11) is 0. The average Bonchev–Trinajstić information content (AvgIpc) is 2.82. The molecule has 0 atom stereocenters. The smallest absolute Gasteiger partial charge is 0.251 e. The third-order valence-electron chi connectivity index (χ3n) is 5.40. The van der Waals surface area contributed by atoms with E-state index in [9.17, 15) is 4.79 Å². The van der Waals surface area contributed by atoms with Crippen LogP contribution in [0.5, 0.6) is 5.75 Å². The van der Waals surface area contributed by atoms with Crippen molar-refractivity contribution in [2.75, 3.05) is 17.2 Å². The number of pyridine rings is 4. The quantitative estimate of drug-likeness (QED) is 0.232. The molecule has 4 aromatic heterocycles. The van der Waals surface area contributed by atoms with Crippen molar-refractivity contribution in [2.24, 2.45) is 0 Å². The molecule has 0 aliphatic rings. The van der Waals surface area contributed by atoms with Gasteiger partial charge in [0.15, 0.2) is 0 Å². The number of aromatic amines is 1. The number of nitrogens with one attached hydrogen (secondary N) is 1. The lowest BCUT2D eigenvalue weighted by Gasteiger charge is -2.02. The van der Waals surface area contributed by atoms with Gasteiger partial charge in [0.1, 0.15) is 5.75 Å². The number of nitrogens with two attached hydrogens (primary N) is 3. The number of aromatic hydroxyl groups is 1. The van der Waals surface area contributed by atoms with Gasteiger partial charge in [-0.3, -0.25) is 19.7 Å². The number of nitrogen functional groups attached to an aromatic ring is 3. The number of aromatic nitrogens is 4. The molecule has 8 N–H and O–H groups in total. The standard InChI is InChI=1S/C8H11NO.C7H11N3.C7H10N2.C6H7NO/c1-5-4-6(2)9-8(10)7(5)3;1-4-6(8)3-7(9)5(2)10-4;1-5-3-4-7(8)6(2)9-5;1-5-6(8)3-2-4-7-5/h4H,1-3H3,(H,9,10);3H,8-9H2,1-2H3;3-4H,8H2,1-2H3;2-4,8H,1H3. The predicted octanol–water partition coefficient (Wildman–Crippen LogP) is 4.54. The van der Waals surface area contributed by atoms with E-state index in [1.807, 2.05) is 66.7 Å². The van der Waals surface area contributed by atoms with Gasteiger partial charge in [0.05, 0.1) is 39.8 Å². The second-order valence-corrected chi connectivity index (χ2v) is 8.66. The zero-order valence-electron chi connectivity index (χ0n) is 23.0. The summed E-state index contributed by atoms with van der Waals surface area (Å²) >= 11 is 0. The fraction of sp³-hybridized carbons (Fsp3) is 0.286. The minimum atomic E-state index is 0.0255. The highest BCUT2D eigenvalue weighted by atomic mass is 16.3. The summed E-state index contributed by atoms with van der Waals surface area (Å²) in [5.41, 5.74) is 25.8. The first-order valence-electron chi connectivity index (χ1n) is 11.7. The van der Waals surface area contributed by atoms with Crippen LogP contribution in [0.4, 0.5) is 17.1 Å². The second kappa shape index (κ2) is 14.2. The van der Waals surface area contributed by atoms with Crippen LogP contribution in [0.2, 0.25) is 0 Å². The number of H-pyrrole nitrogens is 1. The third-order valence-corrected chi connectivity index (χ3v) is 5.40. The summed E-state index contributed by atoms with van der Waals surface area (Å²) in [6.45, 7) is 15.0. The van der Waals surface area contributed by atoms with Crippen LogP contribution in [0.1, 0.15) is 45.3 Å². The van der Waals surface area contributed by atoms with Crippen LogP contribution in [0.3, 0.4) is 0 Å². The van der Waals surface area contributed by atoms with Gasteiger partial charge in [-0.05, 0) is 97.4 Å². The Kier molecular flexibility index (Phi) is 11.8.